The molecular weight excluding hydrogens is 296 g/mol. The predicted molar refractivity (Wildman–Crippen MR) is 100 cm³/mol. The van der Waals surface area contributed by atoms with Gasteiger partial charge in [-0.1, -0.05) is 32.1 Å². The van der Waals surface area contributed by atoms with Crippen molar-refractivity contribution in [1.29, 1.82) is 0 Å². The third-order valence-electron chi connectivity index (χ3n) is 6.99. The number of hydrogen-bond acceptors (Lipinski definition) is 3. The van der Waals surface area contributed by atoms with Crippen molar-refractivity contribution in [2.45, 2.75) is 96.1 Å². The highest BCUT2D eigenvalue weighted by atomic mass is 16.1. The number of Topliss-reactive ketones (excluding diaryl/α,β-unsaturated/α-hetero) is 1. The number of piperidine rings is 1. The monoisotopic (exact) mass is 334 g/mol. The van der Waals surface area contributed by atoms with Crippen LogP contribution in [-0.4, -0.2) is 53.3 Å². The number of carbonyl (C=O) groups excluding carboxylic acids is 1. The minimum absolute atomic E-state index is 0.264. The zero-order valence-corrected chi connectivity index (χ0v) is 16.1. The van der Waals surface area contributed by atoms with Crippen molar-refractivity contribution in [2.24, 2.45) is 5.92 Å². The van der Waals surface area contributed by atoms with Crippen LogP contribution in [0.25, 0.3) is 0 Å². The van der Waals surface area contributed by atoms with Crippen molar-refractivity contribution in [3.05, 3.63) is 0 Å². The molecule has 0 unspecified atom stereocenters. The van der Waals surface area contributed by atoms with E-state index >= 15 is 0 Å². The summed E-state index contributed by atoms with van der Waals surface area (Å²) in [6.45, 7) is 9.21. The van der Waals surface area contributed by atoms with E-state index in [4.69, 9.17) is 0 Å². The van der Waals surface area contributed by atoms with Gasteiger partial charge in [0.15, 0.2) is 5.78 Å². The van der Waals surface area contributed by atoms with E-state index < -0.39 is 0 Å². The summed E-state index contributed by atoms with van der Waals surface area (Å²) in [5.74, 6) is 0.848. The first-order valence-electron chi connectivity index (χ1n) is 10.6. The van der Waals surface area contributed by atoms with Gasteiger partial charge in [0.25, 0.3) is 0 Å². The Kier molecular flexibility index (Phi) is 6.37. The highest BCUT2D eigenvalue weighted by Crippen LogP contribution is 2.32. The summed E-state index contributed by atoms with van der Waals surface area (Å²) in [6.07, 6.45) is 14.1. The van der Waals surface area contributed by atoms with E-state index in [1.165, 1.54) is 70.9 Å². The molecule has 3 aliphatic rings. The maximum Gasteiger partial charge on any atom is 0.155 e. The molecular formula is C21H38N2O. The maximum atomic E-state index is 13.3. The van der Waals surface area contributed by atoms with Crippen LogP contribution in [0, 0.1) is 5.92 Å². The van der Waals surface area contributed by atoms with Gasteiger partial charge in [-0.15, -0.1) is 0 Å². The standard InChI is InChI=1S/C21H38N2O/c1-21(2,20(24)18-10-6-4-3-5-7-11-18)23-16-12-19(13-17-23)22-14-8-9-15-22/h18-19H,3-17H2,1-2H3. The van der Waals surface area contributed by atoms with E-state index in [1.54, 1.807) is 0 Å². The summed E-state index contributed by atoms with van der Waals surface area (Å²) >= 11 is 0. The minimum atomic E-state index is -0.264. The van der Waals surface area contributed by atoms with E-state index in [-0.39, 0.29) is 5.54 Å². The van der Waals surface area contributed by atoms with Crippen LogP contribution >= 0.6 is 0 Å². The number of nitrogens with zero attached hydrogens (tertiary/aromatic N) is 2. The van der Waals surface area contributed by atoms with Crippen molar-refractivity contribution in [2.75, 3.05) is 26.2 Å². The Morgan fingerprint density at radius 2 is 1.29 bits per heavy atom. The van der Waals surface area contributed by atoms with Gasteiger partial charge in [0.2, 0.25) is 0 Å². The minimum Gasteiger partial charge on any atom is -0.300 e. The maximum absolute atomic E-state index is 13.3. The van der Waals surface area contributed by atoms with Gasteiger partial charge in [-0.3, -0.25) is 9.69 Å². The Labute approximate surface area is 149 Å². The van der Waals surface area contributed by atoms with Crippen LogP contribution in [0.4, 0.5) is 0 Å². The van der Waals surface area contributed by atoms with Gasteiger partial charge in [-0.25, -0.2) is 0 Å². The van der Waals surface area contributed by atoms with Crippen molar-refractivity contribution in [3.8, 4) is 0 Å². The molecule has 0 amide bonds. The summed E-state index contributed by atoms with van der Waals surface area (Å²) < 4.78 is 0. The molecule has 0 spiro atoms. The fourth-order valence-corrected chi connectivity index (χ4v) is 5.27. The molecule has 138 valence electrons. The van der Waals surface area contributed by atoms with E-state index in [0.29, 0.717) is 11.7 Å². The van der Waals surface area contributed by atoms with Gasteiger partial charge >= 0.3 is 0 Å². The summed E-state index contributed by atoms with van der Waals surface area (Å²) in [5, 5.41) is 0. The Bertz CT molecular complexity index is 398. The summed E-state index contributed by atoms with van der Waals surface area (Å²) in [7, 11) is 0. The van der Waals surface area contributed by atoms with E-state index in [2.05, 4.69) is 23.6 Å². The molecule has 24 heavy (non-hydrogen) atoms. The molecule has 1 saturated carbocycles. The van der Waals surface area contributed by atoms with Crippen molar-refractivity contribution in [3.63, 3.8) is 0 Å². The van der Waals surface area contributed by atoms with Crippen molar-refractivity contribution < 1.29 is 4.79 Å². The van der Waals surface area contributed by atoms with Crippen molar-refractivity contribution >= 4 is 5.78 Å². The molecule has 0 atom stereocenters. The first-order chi connectivity index (χ1) is 11.6. The highest BCUT2D eigenvalue weighted by molar-refractivity contribution is 5.89. The Balaban J connectivity index is 1.55. The molecule has 1 aliphatic carbocycles. The number of ketones is 1. The van der Waals surface area contributed by atoms with Gasteiger partial charge in [0.05, 0.1) is 5.54 Å². The molecule has 3 rings (SSSR count). The Hall–Kier alpha value is -0.410. The lowest BCUT2D eigenvalue weighted by molar-refractivity contribution is -0.135. The lowest BCUT2D eigenvalue weighted by Crippen LogP contribution is -2.56. The third kappa shape index (κ3) is 4.22. The SMILES string of the molecule is CC(C)(C(=O)C1CCCCCCC1)N1CCC(N2CCCC2)CC1. The van der Waals surface area contributed by atoms with Crippen LogP contribution in [-0.2, 0) is 4.79 Å². The van der Waals surface area contributed by atoms with Crippen LogP contribution in [0.5, 0.6) is 0 Å². The molecule has 3 fully saturated rings. The Morgan fingerprint density at radius 3 is 1.88 bits per heavy atom. The highest BCUT2D eigenvalue weighted by Gasteiger charge is 2.40. The summed E-state index contributed by atoms with van der Waals surface area (Å²) in [6, 6.07) is 0.774. The van der Waals surface area contributed by atoms with Gasteiger partial charge in [0.1, 0.15) is 0 Å². The lowest BCUT2D eigenvalue weighted by Gasteiger charge is -2.45. The van der Waals surface area contributed by atoms with Gasteiger partial charge in [-0.2, -0.15) is 0 Å². The molecule has 0 aromatic carbocycles. The van der Waals surface area contributed by atoms with Gasteiger partial charge in [0, 0.05) is 25.0 Å². The molecule has 0 aromatic rings. The second kappa shape index (κ2) is 8.31. The molecule has 0 N–H and O–H groups in total. The normalized spacial score (nSPS) is 27.1. The smallest absolute Gasteiger partial charge is 0.155 e. The fraction of sp³-hybridized carbons (Fsp3) is 0.952. The van der Waals surface area contributed by atoms with Gasteiger partial charge < -0.3 is 4.90 Å². The first kappa shape index (κ1) is 18.4. The lowest BCUT2D eigenvalue weighted by atomic mass is 9.79. The molecule has 3 nitrogen and oxygen atoms in total. The van der Waals surface area contributed by atoms with E-state index in [9.17, 15) is 4.79 Å². The molecule has 2 aliphatic heterocycles. The third-order valence-corrected chi connectivity index (χ3v) is 6.99. The van der Waals surface area contributed by atoms with Crippen molar-refractivity contribution in [1.82, 2.24) is 9.80 Å². The topological polar surface area (TPSA) is 23.6 Å². The second-order valence-corrected chi connectivity index (χ2v) is 8.93. The number of hydrogen-bond donors (Lipinski definition) is 0. The fourth-order valence-electron chi connectivity index (χ4n) is 5.27. The quantitative estimate of drug-likeness (QED) is 0.767. The van der Waals surface area contributed by atoms with Crippen LogP contribution < -0.4 is 0 Å². The zero-order valence-electron chi connectivity index (χ0n) is 16.1. The average Bonchev–Trinajstić information content (AvgIpc) is 3.08. The Morgan fingerprint density at radius 1 is 0.750 bits per heavy atom. The number of rotatable bonds is 4. The number of likely N-dealkylation sites (tertiary alicyclic amines) is 2. The van der Waals surface area contributed by atoms with Crippen LogP contribution in [0.15, 0.2) is 0 Å². The van der Waals surface area contributed by atoms with Crippen LogP contribution in [0.1, 0.15) is 84.5 Å². The van der Waals surface area contributed by atoms with Crippen LogP contribution in [0.2, 0.25) is 0 Å². The molecule has 0 bridgehead atoms. The predicted octanol–water partition coefficient (Wildman–Crippen LogP) is 4.25. The first-order valence-corrected chi connectivity index (χ1v) is 10.6. The molecule has 2 heterocycles. The second-order valence-electron chi connectivity index (χ2n) is 8.93. The largest absolute Gasteiger partial charge is 0.300 e. The van der Waals surface area contributed by atoms with E-state index in [1.807, 2.05) is 0 Å². The van der Waals surface area contributed by atoms with E-state index in [0.717, 1.165) is 32.0 Å². The van der Waals surface area contributed by atoms with Gasteiger partial charge in [-0.05, 0) is 65.5 Å². The summed E-state index contributed by atoms with van der Waals surface area (Å²) in [4.78, 5) is 18.5. The van der Waals surface area contributed by atoms with Crippen LogP contribution in [0.3, 0.4) is 0 Å². The molecule has 3 heteroatoms. The molecule has 0 radical (unpaired) electrons. The summed E-state index contributed by atoms with van der Waals surface area (Å²) in [5.41, 5.74) is -0.264. The molecule has 2 saturated heterocycles. The molecule has 0 aromatic heterocycles. The average molecular weight is 335 g/mol. The number of carbonyl (C=O) groups is 1. The zero-order chi connectivity index (χ0) is 17.0.